The molecular formula is C16H12ClN3O. The van der Waals surface area contributed by atoms with E-state index >= 15 is 0 Å². The van der Waals surface area contributed by atoms with Crippen LogP contribution in [0.3, 0.4) is 0 Å². The molecular weight excluding hydrogens is 286 g/mol. The van der Waals surface area contributed by atoms with E-state index in [0.717, 1.165) is 23.1 Å². The van der Waals surface area contributed by atoms with Crippen LogP contribution in [0, 0.1) is 6.92 Å². The zero-order valence-electron chi connectivity index (χ0n) is 11.3. The molecule has 0 spiro atoms. The number of rotatable bonds is 3. The second-order valence-corrected chi connectivity index (χ2v) is 5.08. The van der Waals surface area contributed by atoms with E-state index in [1.807, 2.05) is 43.3 Å². The summed E-state index contributed by atoms with van der Waals surface area (Å²) < 4.78 is 1.66. The maximum absolute atomic E-state index is 11.3. The molecule has 1 heterocycles. The Morgan fingerprint density at radius 1 is 1.10 bits per heavy atom. The van der Waals surface area contributed by atoms with Gasteiger partial charge in [-0.2, -0.15) is 0 Å². The number of hydrogen-bond donors (Lipinski definition) is 0. The van der Waals surface area contributed by atoms with Crippen LogP contribution in [0.5, 0.6) is 0 Å². The van der Waals surface area contributed by atoms with Crippen molar-refractivity contribution in [3.8, 4) is 16.9 Å². The molecule has 21 heavy (non-hydrogen) atoms. The average Bonchev–Trinajstić information content (AvgIpc) is 2.92. The van der Waals surface area contributed by atoms with Gasteiger partial charge in [0.1, 0.15) is 5.69 Å². The molecule has 4 nitrogen and oxygen atoms in total. The topological polar surface area (TPSA) is 47.8 Å². The first kappa shape index (κ1) is 13.5. The van der Waals surface area contributed by atoms with Crippen LogP contribution in [0.15, 0.2) is 48.5 Å². The number of carbonyl (C=O) groups excluding carboxylic acids is 1. The number of benzene rings is 2. The summed E-state index contributed by atoms with van der Waals surface area (Å²) in [5.74, 6) is 0. The molecule has 0 aliphatic carbocycles. The molecule has 104 valence electrons. The lowest BCUT2D eigenvalue weighted by Gasteiger charge is -2.09. The smallest absolute Gasteiger partial charge is 0.172 e. The molecule has 3 aromatic rings. The van der Waals surface area contributed by atoms with Crippen molar-refractivity contribution >= 4 is 17.9 Å². The minimum atomic E-state index is 0.319. The van der Waals surface area contributed by atoms with Crippen molar-refractivity contribution in [2.75, 3.05) is 0 Å². The highest BCUT2D eigenvalue weighted by molar-refractivity contribution is 6.30. The van der Waals surface area contributed by atoms with Gasteiger partial charge in [-0.3, -0.25) is 4.79 Å². The van der Waals surface area contributed by atoms with Crippen molar-refractivity contribution in [2.45, 2.75) is 6.92 Å². The summed E-state index contributed by atoms with van der Waals surface area (Å²) in [4.78, 5) is 11.3. The van der Waals surface area contributed by atoms with E-state index < -0.39 is 0 Å². The van der Waals surface area contributed by atoms with E-state index in [1.165, 1.54) is 0 Å². The van der Waals surface area contributed by atoms with Gasteiger partial charge in [0.2, 0.25) is 0 Å². The first-order valence-corrected chi connectivity index (χ1v) is 6.81. The van der Waals surface area contributed by atoms with Gasteiger partial charge >= 0.3 is 0 Å². The van der Waals surface area contributed by atoms with E-state index in [9.17, 15) is 4.79 Å². The maximum atomic E-state index is 11.3. The van der Waals surface area contributed by atoms with Crippen molar-refractivity contribution in [1.29, 1.82) is 0 Å². The molecule has 0 aliphatic rings. The molecule has 0 unspecified atom stereocenters. The Morgan fingerprint density at radius 3 is 2.48 bits per heavy atom. The summed E-state index contributed by atoms with van der Waals surface area (Å²) in [5.41, 5.74) is 3.79. The Kier molecular flexibility index (Phi) is 3.54. The lowest BCUT2D eigenvalue weighted by atomic mass is 10.0. The van der Waals surface area contributed by atoms with Crippen molar-refractivity contribution in [3.63, 3.8) is 0 Å². The summed E-state index contributed by atoms with van der Waals surface area (Å²) >= 11 is 5.91. The Labute approximate surface area is 127 Å². The third-order valence-electron chi connectivity index (χ3n) is 3.28. The fourth-order valence-electron chi connectivity index (χ4n) is 2.23. The second kappa shape index (κ2) is 5.50. The second-order valence-electron chi connectivity index (χ2n) is 4.64. The molecule has 0 N–H and O–H groups in total. The maximum Gasteiger partial charge on any atom is 0.172 e. The van der Waals surface area contributed by atoms with Crippen molar-refractivity contribution in [1.82, 2.24) is 15.0 Å². The molecule has 0 saturated heterocycles. The van der Waals surface area contributed by atoms with Crippen molar-refractivity contribution in [3.05, 3.63) is 64.8 Å². The zero-order chi connectivity index (χ0) is 14.8. The molecule has 0 atom stereocenters. The van der Waals surface area contributed by atoms with Crippen LogP contribution in [-0.2, 0) is 0 Å². The third-order valence-corrected chi connectivity index (χ3v) is 3.53. The van der Waals surface area contributed by atoms with E-state index in [4.69, 9.17) is 11.6 Å². The van der Waals surface area contributed by atoms with Crippen LogP contribution >= 0.6 is 11.6 Å². The van der Waals surface area contributed by atoms with E-state index in [0.29, 0.717) is 16.4 Å². The highest BCUT2D eigenvalue weighted by Gasteiger charge is 2.17. The van der Waals surface area contributed by atoms with Crippen molar-refractivity contribution < 1.29 is 4.79 Å². The van der Waals surface area contributed by atoms with Crippen LogP contribution in [0.25, 0.3) is 16.9 Å². The molecule has 0 amide bonds. The Morgan fingerprint density at radius 2 is 1.81 bits per heavy atom. The van der Waals surface area contributed by atoms with Crippen LogP contribution in [0.4, 0.5) is 0 Å². The van der Waals surface area contributed by atoms with Gasteiger partial charge in [-0.05, 0) is 36.8 Å². The van der Waals surface area contributed by atoms with Crippen LogP contribution in [0.2, 0.25) is 5.02 Å². The summed E-state index contributed by atoms with van der Waals surface area (Å²) in [5, 5.41) is 8.70. The van der Waals surface area contributed by atoms with Gasteiger partial charge in [-0.25, -0.2) is 4.68 Å². The Bertz CT molecular complexity index is 794. The predicted octanol–water partition coefficient (Wildman–Crippen LogP) is 3.71. The first-order valence-electron chi connectivity index (χ1n) is 6.43. The molecule has 2 aromatic carbocycles. The Hall–Kier alpha value is -2.46. The minimum absolute atomic E-state index is 0.319. The van der Waals surface area contributed by atoms with Gasteiger partial charge in [-0.1, -0.05) is 41.1 Å². The largest absolute Gasteiger partial charge is 0.296 e. The number of aryl methyl sites for hydroxylation is 1. The standard InChI is InChI=1S/C16H12ClN3O/c1-11-4-2-3-5-14(11)16-15(10-21)18-19-20(16)13-8-6-12(17)7-9-13/h2-10H,1H3. The summed E-state index contributed by atoms with van der Waals surface area (Å²) in [6, 6.07) is 15.1. The molecule has 0 radical (unpaired) electrons. The summed E-state index contributed by atoms with van der Waals surface area (Å²) in [6.07, 6.45) is 0.723. The number of nitrogens with zero attached hydrogens (tertiary/aromatic N) is 3. The number of hydrogen-bond acceptors (Lipinski definition) is 3. The molecule has 3 rings (SSSR count). The number of carbonyl (C=O) groups is 1. The highest BCUT2D eigenvalue weighted by atomic mass is 35.5. The molecule has 0 bridgehead atoms. The number of aromatic nitrogens is 3. The molecule has 5 heteroatoms. The first-order chi connectivity index (χ1) is 10.2. The normalized spacial score (nSPS) is 10.6. The van der Waals surface area contributed by atoms with Crippen LogP contribution in [-0.4, -0.2) is 21.3 Å². The molecule has 0 saturated carbocycles. The van der Waals surface area contributed by atoms with E-state index in [-0.39, 0.29) is 0 Å². The minimum Gasteiger partial charge on any atom is -0.296 e. The average molecular weight is 298 g/mol. The van der Waals surface area contributed by atoms with Gasteiger partial charge in [0, 0.05) is 10.6 Å². The quantitative estimate of drug-likeness (QED) is 0.692. The zero-order valence-corrected chi connectivity index (χ0v) is 12.1. The van der Waals surface area contributed by atoms with E-state index in [1.54, 1.807) is 16.8 Å². The SMILES string of the molecule is Cc1ccccc1-c1c(C=O)nnn1-c1ccc(Cl)cc1. The molecule has 0 fully saturated rings. The van der Waals surface area contributed by atoms with Gasteiger partial charge in [0.25, 0.3) is 0 Å². The van der Waals surface area contributed by atoms with Crippen LogP contribution in [0.1, 0.15) is 16.1 Å². The monoisotopic (exact) mass is 297 g/mol. The van der Waals surface area contributed by atoms with Gasteiger partial charge in [0.05, 0.1) is 5.69 Å². The summed E-state index contributed by atoms with van der Waals surface area (Å²) in [7, 11) is 0. The van der Waals surface area contributed by atoms with Gasteiger partial charge in [-0.15, -0.1) is 5.10 Å². The lowest BCUT2D eigenvalue weighted by Crippen LogP contribution is -2.01. The highest BCUT2D eigenvalue weighted by Crippen LogP contribution is 2.27. The van der Waals surface area contributed by atoms with Gasteiger partial charge in [0.15, 0.2) is 12.0 Å². The van der Waals surface area contributed by atoms with Crippen molar-refractivity contribution in [2.24, 2.45) is 0 Å². The number of aldehydes is 1. The third kappa shape index (κ3) is 2.45. The predicted molar refractivity (Wildman–Crippen MR) is 81.9 cm³/mol. The van der Waals surface area contributed by atoms with E-state index in [2.05, 4.69) is 10.3 Å². The fourth-order valence-corrected chi connectivity index (χ4v) is 2.35. The number of halogens is 1. The lowest BCUT2D eigenvalue weighted by molar-refractivity contribution is 0.111. The Balaban J connectivity index is 2.24. The molecule has 0 aliphatic heterocycles. The van der Waals surface area contributed by atoms with Gasteiger partial charge < -0.3 is 0 Å². The molecule has 1 aromatic heterocycles. The fraction of sp³-hybridized carbons (Fsp3) is 0.0625. The summed E-state index contributed by atoms with van der Waals surface area (Å²) in [6.45, 7) is 1.99. The van der Waals surface area contributed by atoms with Crippen LogP contribution < -0.4 is 0 Å².